The molecule has 2 aromatic heterocycles. The maximum absolute atomic E-state index is 13.2. The van der Waals surface area contributed by atoms with Gasteiger partial charge >= 0.3 is 0 Å². The van der Waals surface area contributed by atoms with Crippen molar-refractivity contribution in [3.05, 3.63) is 47.4 Å². The molecule has 6 heteroatoms. The van der Waals surface area contributed by atoms with E-state index >= 15 is 0 Å². The first-order valence-electron chi connectivity index (χ1n) is 7.06. The molecule has 0 spiro atoms. The molecule has 0 bridgehead atoms. The molecule has 4 nitrogen and oxygen atoms in total. The SMILES string of the molecule is CC(C)CNC(=O)c1nc2sccn2c1-c1ccc(F)cc1. The first-order valence-corrected chi connectivity index (χ1v) is 7.94. The number of aromatic nitrogens is 2. The molecule has 0 atom stereocenters. The Kier molecular flexibility index (Phi) is 3.94. The number of thiazole rings is 1. The fourth-order valence-corrected chi connectivity index (χ4v) is 2.92. The third kappa shape index (κ3) is 2.74. The number of hydrogen-bond acceptors (Lipinski definition) is 3. The summed E-state index contributed by atoms with van der Waals surface area (Å²) in [5.74, 6) is -0.147. The highest BCUT2D eigenvalue weighted by atomic mass is 32.1. The quantitative estimate of drug-likeness (QED) is 0.799. The van der Waals surface area contributed by atoms with E-state index in [1.165, 1.54) is 23.5 Å². The van der Waals surface area contributed by atoms with Gasteiger partial charge < -0.3 is 5.32 Å². The monoisotopic (exact) mass is 317 g/mol. The number of nitrogens with one attached hydrogen (secondary N) is 1. The molecule has 22 heavy (non-hydrogen) atoms. The second-order valence-corrected chi connectivity index (χ2v) is 6.35. The van der Waals surface area contributed by atoms with Crippen LogP contribution in [-0.2, 0) is 0 Å². The smallest absolute Gasteiger partial charge is 0.272 e. The fourth-order valence-electron chi connectivity index (χ4n) is 2.21. The molecular formula is C16H16FN3OS. The molecule has 0 unspecified atom stereocenters. The van der Waals surface area contributed by atoms with Gasteiger partial charge in [-0.25, -0.2) is 9.37 Å². The maximum atomic E-state index is 13.2. The third-order valence-corrected chi connectivity index (χ3v) is 4.02. The van der Waals surface area contributed by atoms with E-state index < -0.39 is 0 Å². The lowest BCUT2D eigenvalue weighted by Gasteiger charge is -2.08. The summed E-state index contributed by atoms with van der Waals surface area (Å²) in [5, 5.41) is 4.79. The molecular weight excluding hydrogens is 301 g/mol. The molecule has 3 rings (SSSR count). The Morgan fingerprint density at radius 1 is 1.36 bits per heavy atom. The Labute approximate surface area is 131 Å². The molecule has 1 N–H and O–H groups in total. The van der Waals surface area contributed by atoms with Crippen LogP contribution >= 0.6 is 11.3 Å². The van der Waals surface area contributed by atoms with Gasteiger partial charge in [-0.3, -0.25) is 9.20 Å². The van der Waals surface area contributed by atoms with Crippen LogP contribution in [0, 0.1) is 11.7 Å². The van der Waals surface area contributed by atoms with Crippen molar-refractivity contribution in [2.45, 2.75) is 13.8 Å². The standard InChI is InChI=1S/C16H16FN3OS/c1-10(2)9-18-15(21)13-14(11-3-5-12(17)6-4-11)20-7-8-22-16(20)19-13/h3-8,10H,9H2,1-2H3,(H,18,21). The number of halogens is 1. The van der Waals surface area contributed by atoms with Crippen molar-refractivity contribution in [2.75, 3.05) is 6.54 Å². The van der Waals surface area contributed by atoms with Crippen LogP contribution < -0.4 is 5.32 Å². The topological polar surface area (TPSA) is 46.4 Å². The molecule has 0 aliphatic heterocycles. The Bertz CT molecular complexity index is 805. The summed E-state index contributed by atoms with van der Waals surface area (Å²) in [6.45, 7) is 4.66. The number of fused-ring (bicyclic) bond motifs is 1. The van der Waals surface area contributed by atoms with Crippen LogP contribution in [0.4, 0.5) is 4.39 Å². The third-order valence-electron chi connectivity index (χ3n) is 3.27. The minimum Gasteiger partial charge on any atom is -0.350 e. The lowest BCUT2D eigenvalue weighted by atomic mass is 10.1. The number of rotatable bonds is 4. The van der Waals surface area contributed by atoms with Crippen LogP contribution in [-0.4, -0.2) is 21.8 Å². The van der Waals surface area contributed by atoms with Crippen molar-refractivity contribution >= 4 is 22.2 Å². The zero-order valence-corrected chi connectivity index (χ0v) is 13.2. The summed E-state index contributed by atoms with van der Waals surface area (Å²) >= 11 is 1.46. The van der Waals surface area contributed by atoms with Crippen LogP contribution in [0.25, 0.3) is 16.2 Å². The highest BCUT2D eigenvalue weighted by Gasteiger charge is 2.21. The van der Waals surface area contributed by atoms with E-state index in [-0.39, 0.29) is 11.7 Å². The lowest BCUT2D eigenvalue weighted by Crippen LogP contribution is -2.28. The van der Waals surface area contributed by atoms with E-state index in [0.717, 1.165) is 10.5 Å². The Morgan fingerprint density at radius 2 is 2.09 bits per heavy atom. The average molecular weight is 317 g/mol. The summed E-state index contributed by atoms with van der Waals surface area (Å²) in [5.41, 5.74) is 1.83. The second-order valence-electron chi connectivity index (χ2n) is 5.48. The van der Waals surface area contributed by atoms with Crippen molar-refractivity contribution in [3.8, 4) is 11.3 Å². The van der Waals surface area contributed by atoms with E-state index in [1.807, 2.05) is 29.8 Å². The number of hydrogen-bond donors (Lipinski definition) is 1. The molecule has 2 heterocycles. The zero-order chi connectivity index (χ0) is 15.7. The van der Waals surface area contributed by atoms with E-state index in [1.54, 1.807) is 12.1 Å². The average Bonchev–Trinajstić information content (AvgIpc) is 3.06. The summed E-state index contributed by atoms with van der Waals surface area (Å²) in [6.07, 6.45) is 1.87. The first kappa shape index (κ1) is 14.7. The number of amides is 1. The van der Waals surface area contributed by atoms with Gasteiger partial charge in [0.1, 0.15) is 5.82 Å². The lowest BCUT2D eigenvalue weighted by molar-refractivity contribution is 0.0945. The van der Waals surface area contributed by atoms with Crippen molar-refractivity contribution in [1.29, 1.82) is 0 Å². The summed E-state index contributed by atoms with van der Waals surface area (Å²) in [7, 11) is 0. The van der Waals surface area contributed by atoms with Gasteiger partial charge in [0.15, 0.2) is 10.7 Å². The molecule has 1 amide bonds. The Balaban J connectivity index is 2.06. The Hall–Kier alpha value is -2.21. The number of imidazole rings is 1. The summed E-state index contributed by atoms with van der Waals surface area (Å²) in [6, 6.07) is 6.10. The first-order chi connectivity index (χ1) is 10.6. The van der Waals surface area contributed by atoms with E-state index in [4.69, 9.17) is 0 Å². The van der Waals surface area contributed by atoms with Crippen LogP contribution in [0.2, 0.25) is 0 Å². The molecule has 0 radical (unpaired) electrons. The highest BCUT2D eigenvalue weighted by molar-refractivity contribution is 7.15. The van der Waals surface area contributed by atoms with Gasteiger partial charge in [0.05, 0.1) is 5.69 Å². The minimum atomic E-state index is -0.305. The van der Waals surface area contributed by atoms with Crippen LogP contribution in [0.3, 0.4) is 0 Å². The molecule has 3 aromatic rings. The molecule has 0 saturated heterocycles. The van der Waals surface area contributed by atoms with Crippen LogP contribution in [0.15, 0.2) is 35.8 Å². The van der Waals surface area contributed by atoms with Crippen molar-refractivity contribution < 1.29 is 9.18 Å². The van der Waals surface area contributed by atoms with E-state index in [9.17, 15) is 9.18 Å². The zero-order valence-electron chi connectivity index (χ0n) is 12.3. The number of nitrogens with zero attached hydrogens (tertiary/aromatic N) is 2. The molecule has 0 saturated carbocycles. The fraction of sp³-hybridized carbons (Fsp3) is 0.250. The van der Waals surface area contributed by atoms with Crippen molar-refractivity contribution in [1.82, 2.24) is 14.7 Å². The molecule has 0 aliphatic carbocycles. The van der Waals surface area contributed by atoms with E-state index in [0.29, 0.717) is 23.9 Å². The van der Waals surface area contributed by atoms with Crippen molar-refractivity contribution in [2.24, 2.45) is 5.92 Å². The predicted octanol–water partition coefficient (Wildman–Crippen LogP) is 3.59. The largest absolute Gasteiger partial charge is 0.350 e. The van der Waals surface area contributed by atoms with Crippen molar-refractivity contribution in [3.63, 3.8) is 0 Å². The van der Waals surface area contributed by atoms with Gasteiger partial charge in [-0.15, -0.1) is 11.3 Å². The molecule has 0 aliphatic rings. The number of carbonyl (C=O) groups excluding carboxylic acids is 1. The van der Waals surface area contributed by atoms with Gasteiger partial charge in [-0.1, -0.05) is 13.8 Å². The van der Waals surface area contributed by atoms with Gasteiger partial charge in [-0.05, 0) is 30.2 Å². The van der Waals surface area contributed by atoms with Crippen LogP contribution in [0.1, 0.15) is 24.3 Å². The minimum absolute atomic E-state index is 0.205. The van der Waals surface area contributed by atoms with Gasteiger partial charge in [0, 0.05) is 23.7 Å². The van der Waals surface area contributed by atoms with Gasteiger partial charge in [0.25, 0.3) is 5.91 Å². The predicted molar refractivity (Wildman–Crippen MR) is 85.6 cm³/mol. The Morgan fingerprint density at radius 3 is 2.77 bits per heavy atom. The molecule has 1 aromatic carbocycles. The normalized spacial score (nSPS) is 11.3. The highest BCUT2D eigenvalue weighted by Crippen LogP contribution is 2.27. The second kappa shape index (κ2) is 5.88. The summed E-state index contributed by atoms with van der Waals surface area (Å²) in [4.78, 5) is 17.6. The van der Waals surface area contributed by atoms with Crippen LogP contribution in [0.5, 0.6) is 0 Å². The molecule has 0 fully saturated rings. The maximum Gasteiger partial charge on any atom is 0.272 e. The number of carbonyl (C=O) groups is 1. The summed E-state index contributed by atoms with van der Waals surface area (Å²) < 4.78 is 15.0. The van der Waals surface area contributed by atoms with Gasteiger partial charge in [0.2, 0.25) is 0 Å². The van der Waals surface area contributed by atoms with E-state index in [2.05, 4.69) is 10.3 Å². The van der Waals surface area contributed by atoms with Gasteiger partial charge in [-0.2, -0.15) is 0 Å². The molecule has 114 valence electrons. The number of benzene rings is 1.